The molecule has 1 aromatic rings. The molecule has 5 heteroatoms. The van der Waals surface area contributed by atoms with E-state index in [1.807, 2.05) is 18.2 Å². The summed E-state index contributed by atoms with van der Waals surface area (Å²) < 4.78 is 6.33. The third-order valence-electron chi connectivity index (χ3n) is 3.52. The predicted molar refractivity (Wildman–Crippen MR) is 78.2 cm³/mol. The second-order valence-electron chi connectivity index (χ2n) is 5.09. The van der Waals surface area contributed by atoms with E-state index in [1.54, 1.807) is 19.1 Å². The third kappa shape index (κ3) is 3.28. The molecule has 0 unspecified atom stereocenters. The van der Waals surface area contributed by atoms with Gasteiger partial charge in [-0.05, 0) is 43.0 Å². The number of carbonyl (C=O) groups is 1. The van der Waals surface area contributed by atoms with Crippen LogP contribution in [0.3, 0.4) is 0 Å². The van der Waals surface area contributed by atoms with E-state index in [-0.39, 0.29) is 5.91 Å². The minimum Gasteiger partial charge on any atom is -0.496 e. The molecule has 0 heterocycles. The monoisotopic (exact) mass is 326 g/mol. The zero-order valence-electron chi connectivity index (χ0n) is 11.3. The van der Waals surface area contributed by atoms with Crippen LogP contribution in [0.25, 0.3) is 0 Å². The highest BCUT2D eigenvalue weighted by atomic mass is 79.9. The van der Waals surface area contributed by atoms with Crippen LogP contribution >= 0.6 is 15.9 Å². The molecule has 1 amide bonds. The molecule has 0 atom stereocenters. The van der Waals surface area contributed by atoms with Crippen molar-refractivity contribution in [3.8, 4) is 5.75 Å². The van der Waals surface area contributed by atoms with Crippen molar-refractivity contribution in [1.82, 2.24) is 4.90 Å². The van der Waals surface area contributed by atoms with Crippen LogP contribution in [0.2, 0.25) is 0 Å². The van der Waals surface area contributed by atoms with Crippen LogP contribution in [0.1, 0.15) is 18.4 Å². The lowest BCUT2D eigenvalue weighted by atomic mass is 10.1. The predicted octanol–water partition coefficient (Wildman–Crippen LogP) is 1.95. The molecular weight excluding hydrogens is 308 g/mol. The van der Waals surface area contributed by atoms with E-state index in [0.29, 0.717) is 6.54 Å². The van der Waals surface area contributed by atoms with E-state index in [1.165, 1.54) is 0 Å². The van der Waals surface area contributed by atoms with Gasteiger partial charge in [-0.2, -0.15) is 0 Å². The minimum absolute atomic E-state index is 0.0430. The van der Waals surface area contributed by atoms with Crippen LogP contribution in [-0.4, -0.2) is 37.0 Å². The number of amides is 1. The average molecular weight is 327 g/mol. The van der Waals surface area contributed by atoms with Gasteiger partial charge in [0, 0.05) is 18.1 Å². The SMILES string of the molecule is COc1ccc(Br)cc1CCN(C)C(=O)C1(N)CC1. The van der Waals surface area contributed by atoms with E-state index >= 15 is 0 Å². The second-order valence-corrected chi connectivity index (χ2v) is 6.00. The topological polar surface area (TPSA) is 55.6 Å². The molecule has 1 aromatic carbocycles. The van der Waals surface area contributed by atoms with Crippen LogP contribution in [-0.2, 0) is 11.2 Å². The molecule has 104 valence electrons. The van der Waals surface area contributed by atoms with Gasteiger partial charge in [-0.25, -0.2) is 0 Å². The van der Waals surface area contributed by atoms with Gasteiger partial charge in [0.25, 0.3) is 0 Å². The summed E-state index contributed by atoms with van der Waals surface area (Å²) >= 11 is 3.45. The summed E-state index contributed by atoms with van der Waals surface area (Å²) in [4.78, 5) is 13.7. The van der Waals surface area contributed by atoms with Crippen molar-refractivity contribution in [1.29, 1.82) is 0 Å². The smallest absolute Gasteiger partial charge is 0.242 e. The lowest BCUT2D eigenvalue weighted by Crippen LogP contribution is -2.44. The number of rotatable bonds is 5. The number of nitrogens with two attached hydrogens (primary N) is 1. The molecule has 1 aliphatic rings. The summed E-state index contributed by atoms with van der Waals surface area (Å²) in [6.07, 6.45) is 2.35. The Balaban J connectivity index is 1.98. The molecule has 0 bridgehead atoms. The van der Waals surface area contributed by atoms with Crippen molar-refractivity contribution in [2.75, 3.05) is 20.7 Å². The van der Waals surface area contributed by atoms with E-state index in [2.05, 4.69) is 15.9 Å². The molecule has 0 saturated heterocycles. The third-order valence-corrected chi connectivity index (χ3v) is 4.01. The molecule has 0 spiro atoms. The van der Waals surface area contributed by atoms with Crippen LogP contribution in [0.4, 0.5) is 0 Å². The van der Waals surface area contributed by atoms with Crippen molar-refractivity contribution in [2.24, 2.45) is 5.73 Å². The first kappa shape index (κ1) is 14.3. The fourth-order valence-corrected chi connectivity index (χ4v) is 2.47. The Labute approximate surface area is 122 Å². The van der Waals surface area contributed by atoms with Gasteiger partial charge >= 0.3 is 0 Å². The number of methoxy groups -OCH3 is 1. The van der Waals surface area contributed by atoms with Crippen molar-refractivity contribution in [2.45, 2.75) is 24.8 Å². The first-order valence-electron chi connectivity index (χ1n) is 6.33. The zero-order valence-corrected chi connectivity index (χ0v) is 12.9. The lowest BCUT2D eigenvalue weighted by Gasteiger charge is -2.21. The fraction of sp³-hybridized carbons (Fsp3) is 0.500. The summed E-state index contributed by atoms with van der Waals surface area (Å²) in [7, 11) is 3.46. The van der Waals surface area contributed by atoms with Crippen molar-refractivity contribution < 1.29 is 9.53 Å². The maximum atomic E-state index is 12.0. The molecule has 19 heavy (non-hydrogen) atoms. The molecule has 0 radical (unpaired) electrons. The first-order chi connectivity index (χ1) is 8.96. The van der Waals surface area contributed by atoms with Gasteiger partial charge in [-0.15, -0.1) is 0 Å². The van der Waals surface area contributed by atoms with Gasteiger partial charge in [0.05, 0.1) is 12.6 Å². The van der Waals surface area contributed by atoms with Crippen LogP contribution < -0.4 is 10.5 Å². The fourth-order valence-electron chi connectivity index (χ4n) is 2.06. The lowest BCUT2D eigenvalue weighted by molar-refractivity contribution is -0.132. The normalized spacial score (nSPS) is 16.0. The summed E-state index contributed by atoms with van der Waals surface area (Å²) in [5.74, 6) is 0.888. The van der Waals surface area contributed by atoms with Crippen LogP contribution in [0.15, 0.2) is 22.7 Å². The molecule has 1 fully saturated rings. The van der Waals surface area contributed by atoms with Crippen molar-refractivity contribution >= 4 is 21.8 Å². The largest absolute Gasteiger partial charge is 0.496 e. The first-order valence-corrected chi connectivity index (χ1v) is 7.12. The molecule has 0 aliphatic heterocycles. The summed E-state index contributed by atoms with van der Waals surface area (Å²) in [6.45, 7) is 0.643. The maximum absolute atomic E-state index is 12.0. The number of benzene rings is 1. The average Bonchev–Trinajstić information content (AvgIpc) is 3.14. The number of likely N-dealkylation sites (N-methyl/N-ethyl adjacent to an activating group) is 1. The van der Waals surface area contributed by atoms with Gasteiger partial charge in [0.1, 0.15) is 5.75 Å². The van der Waals surface area contributed by atoms with Gasteiger partial charge < -0.3 is 15.4 Å². The van der Waals surface area contributed by atoms with Crippen molar-refractivity contribution in [3.63, 3.8) is 0 Å². The highest BCUT2D eigenvalue weighted by Gasteiger charge is 2.47. The van der Waals surface area contributed by atoms with E-state index < -0.39 is 5.54 Å². The Morgan fingerprint density at radius 2 is 2.21 bits per heavy atom. The van der Waals surface area contributed by atoms with Crippen LogP contribution in [0.5, 0.6) is 5.75 Å². The standard InChI is InChI=1S/C14H19BrN2O2/c1-17(13(18)14(16)6-7-14)8-5-10-9-11(15)3-4-12(10)19-2/h3-4,9H,5-8,16H2,1-2H3. The molecule has 4 nitrogen and oxygen atoms in total. The highest BCUT2D eigenvalue weighted by molar-refractivity contribution is 9.10. The Bertz CT molecular complexity index is 486. The number of halogens is 1. The quantitative estimate of drug-likeness (QED) is 0.899. The van der Waals surface area contributed by atoms with Crippen LogP contribution in [0, 0.1) is 0 Å². The summed E-state index contributed by atoms with van der Waals surface area (Å²) in [5.41, 5.74) is 6.41. The van der Waals surface area contributed by atoms with Gasteiger partial charge in [-0.1, -0.05) is 15.9 Å². The number of carbonyl (C=O) groups excluding carboxylic acids is 1. The zero-order chi connectivity index (χ0) is 14.0. The number of hydrogen-bond acceptors (Lipinski definition) is 3. The Kier molecular flexibility index (Phi) is 4.16. The molecule has 1 saturated carbocycles. The Hall–Kier alpha value is -1.07. The second kappa shape index (κ2) is 5.51. The minimum atomic E-state index is -0.587. The summed E-state index contributed by atoms with van der Waals surface area (Å²) in [5, 5.41) is 0. The summed E-state index contributed by atoms with van der Waals surface area (Å²) in [6, 6.07) is 5.88. The number of hydrogen-bond donors (Lipinski definition) is 1. The Morgan fingerprint density at radius 1 is 1.53 bits per heavy atom. The Morgan fingerprint density at radius 3 is 2.79 bits per heavy atom. The highest BCUT2D eigenvalue weighted by Crippen LogP contribution is 2.34. The van der Waals surface area contributed by atoms with Gasteiger partial charge in [-0.3, -0.25) is 4.79 Å². The van der Waals surface area contributed by atoms with E-state index in [4.69, 9.17) is 10.5 Å². The number of nitrogens with zero attached hydrogens (tertiary/aromatic N) is 1. The maximum Gasteiger partial charge on any atom is 0.242 e. The molecule has 2 N–H and O–H groups in total. The van der Waals surface area contributed by atoms with E-state index in [0.717, 1.165) is 35.0 Å². The molecular formula is C14H19BrN2O2. The van der Waals surface area contributed by atoms with Crippen molar-refractivity contribution in [3.05, 3.63) is 28.2 Å². The molecule has 0 aromatic heterocycles. The van der Waals surface area contributed by atoms with Gasteiger partial charge in [0.15, 0.2) is 0 Å². The van der Waals surface area contributed by atoms with E-state index in [9.17, 15) is 4.79 Å². The number of ether oxygens (including phenoxy) is 1. The molecule has 2 rings (SSSR count). The molecule has 1 aliphatic carbocycles. The van der Waals surface area contributed by atoms with Gasteiger partial charge in [0.2, 0.25) is 5.91 Å².